The lowest BCUT2D eigenvalue weighted by atomic mass is 10.0. The van der Waals surface area contributed by atoms with E-state index in [2.05, 4.69) is 0 Å². The van der Waals surface area contributed by atoms with Gasteiger partial charge in [-0.15, -0.1) is 0 Å². The normalized spacial score (nSPS) is 18.3. The zero-order valence-corrected chi connectivity index (χ0v) is 14.7. The first-order valence-corrected chi connectivity index (χ1v) is 8.52. The quantitative estimate of drug-likeness (QED) is 0.686. The third-order valence-electron chi connectivity index (χ3n) is 4.29. The molecule has 0 radical (unpaired) electrons. The molecular weight excluding hydrogens is 348 g/mol. The molecule has 1 aliphatic heterocycles. The second kappa shape index (κ2) is 8.51. The van der Waals surface area contributed by atoms with Crippen LogP contribution in [0.3, 0.4) is 0 Å². The van der Waals surface area contributed by atoms with Crippen LogP contribution in [0, 0.1) is 0 Å². The maximum atomic E-state index is 11.1. The van der Waals surface area contributed by atoms with Gasteiger partial charge >= 0.3 is 0 Å². The first-order chi connectivity index (χ1) is 13.2. The molecule has 0 aliphatic carbocycles. The predicted molar refractivity (Wildman–Crippen MR) is 98.3 cm³/mol. The van der Waals surface area contributed by atoms with E-state index >= 15 is 0 Å². The Morgan fingerprint density at radius 1 is 0.963 bits per heavy atom. The summed E-state index contributed by atoms with van der Waals surface area (Å²) in [6, 6.07) is 13.8. The second-order valence-corrected chi connectivity index (χ2v) is 6.21. The van der Waals surface area contributed by atoms with Gasteiger partial charge < -0.3 is 19.3 Å². The van der Waals surface area contributed by atoms with Crippen LogP contribution < -0.4 is 9.47 Å². The first-order valence-electron chi connectivity index (χ1n) is 8.52. The Kier molecular flexibility index (Phi) is 5.88. The minimum absolute atomic E-state index is 0.0826. The van der Waals surface area contributed by atoms with E-state index < -0.39 is 5.60 Å². The second-order valence-electron chi connectivity index (χ2n) is 6.21. The number of para-hydroxylation sites is 2. The van der Waals surface area contributed by atoms with Gasteiger partial charge in [-0.05, 0) is 30.3 Å². The van der Waals surface area contributed by atoms with Crippen molar-refractivity contribution in [2.24, 2.45) is 0 Å². The van der Waals surface area contributed by atoms with Gasteiger partial charge in [0.25, 0.3) is 0 Å². The highest BCUT2D eigenvalue weighted by Crippen LogP contribution is 2.30. The largest absolute Gasteiger partial charge is 0.489 e. The molecule has 0 saturated heterocycles. The van der Waals surface area contributed by atoms with E-state index in [4.69, 9.17) is 14.2 Å². The minimum Gasteiger partial charge on any atom is -0.489 e. The summed E-state index contributed by atoms with van der Waals surface area (Å²) in [7, 11) is 0. The Hall–Kier alpha value is -3.12. The highest BCUT2D eigenvalue weighted by atomic mass is 16.6. The molecule has 1 atom stereocenters. The van der Waals surface area contributed by atoms with Crippen LogP contribution in [0.15, 0.2) is 60.4 Å². The molecule has 0 aromatic heterocycles. The van der Waals surface area contributed by atoms with Crippen molar-refractivity contribution in [1.29, 1.82) is 0 Å². The third-order valence-corrected chi connectivity index (χ3v) is 4.29. The molecule has 0 bridgehead atoms. The summed E-state index contributed by atoms with van der Waals surface area (Å²) in [5.41, 5.74) is -0.0392. The predicted octanol–water partition coefficient (Wildman–Crippen LogP) is 2.80. The van der Waals surface area contributed by atoms with Crippen LogP contribution in [-0.2, 0) is 4.74 Å². The Balaban J connectivity index is 1.59. The molecule has 0 amide bonds. The van der Waals surface area contributed by atoms with Crippen LogP contribution in [0.25, 0.3) is 0 Å². The fraction of sp³-hybridized carbons (Fsp3) is 0.238. The van der Waals surface area contributed by atoms with Gasteiger partial charge in [-0.3, -0.25) is 9.59 Å². The molecule has 0 saturated carbocycles. The average molecular weight is 368 g/mol. The van der Waals surface area contributed by atoms with Crippen molar-refractivity contribution in [3.63, 3.8) is 0 Å². The van der Waals surface area contributed by atoms with Crippen LogP contribution in [0.2, 0.25) is 0 Å². The number of benzene rings is 2. The summed E-state index contributed by atoms with van der Waals surface area (Å²) in [4.78, 5) is 22.1. The van der Waals surface area contributed by atoms with Gasteiger partial charge in [0.2, 0.25) is 0 Å². The topological polar surface area (TPSA) is 82.1 Å². The molecule has 6 heteroatoms. The number of aldehydes is 2. The van der Waals surface area contributed by atoms with E-state index in [1.54, 1.807) is 48.5 Å². The first kappa shape index (κ1) is 18.7. The molecular formula is C21H20O6. The van der Waals surface area contributed by atoms with Crippen molar-refractivity contribution in [1.82, 2.24) is 0 Å². The third kappa shape index (κ3) is 4.35. The number of hydrogen-bond acceptors (Lipinski definition) is 6. The summed E-state index contributed by atoms with van der Waals surface area (Å²) < 4.78 is 17.2. The number of aliphatic hydroxyl groups is 1. The summed E-state index contributed by atoms with van der Waals surface area (Å²) in [5, 5.41) is 9.81. The van der Waals surface area contributed by atoms with E-state index in [9.17, 15) is 14.7 Å². The summed E-state index contributed by atoms with van der Waals surface area (Å²) >= 11 is 0. The zero-order valence-electron chi connectivity index (χ0n) is 14.7. The van der Waals surface area contributed by atoms with E-state index in [1.165, 1.54) is 0 Å². The molecule has 1 heterocycles. The lowest BCUT2D eigenvalue weighted by Gasteiger charge is -2.28. The highest BCUT2D eigenvalue weighted by molar-refractivity contribution is 5.79. The molecule has 0 spiro atoms. The number of ether oxygens (including phenoxy) is 3. The fourth-order valence-electron chi connectivity index (χ4n) is 2.76. The van der Waals surface area contributed by atoms with Crippen LogP contribution in [0.4, 0.5) is 0 Å². The number of carbonyl (C=O) groups is 2. The van der Waals surface area contributed by atoms with Crippen molar-refractivity contribution in [3.8, 4) is 11.5 Å². The average Bonchev–Trinajstić information content (AvgIpc) is 3.15. The molecule has 3 rings (SSSR count). The van der Waals surface area contributed by atoms with Gasteiger partial charge in [0.1, 0.15) is 30.5 Å². The smallest absolute Gasteiger partial charge is 0.169 e. The van der Waals surface area contributed by atoms with Gasteiger partial charge in [-0.25, -0.2) is 0 Å². The standard InChI is InChI=1S/C21H20O6/c22-11-16-5-1-3-7-19(16)25-13-18-9-10-21(14-24,27-18)15-26-20-8-4-2-6-17(20)12-23/h1-9,11-12,24H,10,13-15H2. The zero-order chi connectivity index (χ0) is 19.1. The molecule has 140 valence electrons. The fourth-order valence-corrected chi connectivity index (χ4v) is 2.76. The van der Waals surface area contributed by atoms with Crippen molar-refractivity contribution in [3.05, 3.63) is 71.5 Å². The van der Waals surface area contributed by atoms with Crippen molar-refractivity contribution >= 4 is 12.6 Å². The molecule has 1 N–H and O–H groups in total. The highest BCUT2D eigenvalue weighted by Gasteiger charge is 2.37. The number of aliphatic hydroxyl groups excluding tert-OH is 1. The molecule has 2 aromatic rings. The Bertz CT molecular complexity index is 844. The monoisotopic (exact) mass is 368 g/mol. The van der Waals surface area contributed by atoms with Gasteiger partial charge in [0.15, 0.2) is 18.2 Å². The molecule has 2 aromatic carbocycles. The molecule has 6 nitrogen and oxygen atoms in total. The van der Waals surface area contributed by atoms with Crippen molar-refractivity contribution in [2.45, 2.75) is 12.0 Å². The molecule has 27 heavy (non-hydrogen) atoms. The SMILES string of the molecule is O=Cc1ccccc1OCC1=CCC(CO)(COc2ccccc2C=O)O1. The Morgan fingerprint density at radius 3 is 2.15 bits per heavy atom. The number of hydrogen-bond donors (Lipinski definition) is 1. The van der Waals surface area contributed by atoms with Crippen LogP contribution in [0.1, 0.15) is 27.1 Å². The van der Waals surface area contributed by atoms with E-state index in [0.717, 1.165) is 12.6 Å². The molecule has 0 fully saturated rings. The van der Waals surface area contributed by atoms with Crippen molar-refractivity contribution in [2.75, 3.05) is 19.8 Å². The van der Waals surface area contributed by atoms with E-state index in [1.807, 2.05) is 6.08 Å². The maximum absolute atomic E-state index is 11.1. The molecule has 1 unspecified atom stereocenters. The Morgan fingerprint density at radius 2 is 1.56 bits per heavy atom. The molecule has 1 aliphatic rings. The van der Waals surface area contributed by atoms with Gasteiger partial charge in [-0.1, -0.05) is 24.3 Å². The van der Waals surface area contributed by atoms with Gasteiger partial charge in [0, 0.05) is 6.42 Å². The van der Waals surface area contributed by atoms with E-state index in [0.29, 0.717) is 34.8 Å². The van der Waals surface area contributed by atoms with Crippen molar-refractivity contribution < 1.29 is 28.9 Å². The summed E-state index contributed by atoms with van der Waals surface area (Å²) in [6.45, 7) is -0.0298. The van der Waals surface area contributed by atoms with Gasteiger partial charge in [0.05, 0.1) is 17.7 Å². The lowest BCUT2D eigenvalue weighted by molar-refractivity contribution is -0.0578. The van der Waals surface area contributed by atoms with E-state index in [-0.39, 0.29) is 19.8 Å². The summed E-state index contributed by atoms with van der Waals surface area (Å²) in [6.07, 6.45) is 3.73. The van der Waals surface area contributed by atoms with Crippen LogP contribution in [-0.4, -0.2) is 43.1 Å². The summed E-state index contributed by atoms with van der Waals surface area (Å²) in [5.74, 6) is 1.46. The number of carbonyl (C=O) groups excluding carboxylic acids is 2. The minimum atomic E-state index is -0.932. The maximum Gasteiger partial charge on any atom is 0.169 e. The van der Waals surface area contributed by atoms with Gasteiger partial charge in [-0.2, -0.15) is 0 Å². The van der Waals surface area contributed by atoms with Crippen LogP contribution >= 0.6 is 0 Å². The lowest BCUT2D eigenvalue weighted by Crippen LogP contribution is -2.40. The number of rotatable bonds is 9. The Labute approximate surface area is 157 Å². The van der Waals surface area contributed by atoms with Crippen LogP contribution in [0.5, 0.6) is 11.5 Å².